The van der Waals surface area contributed by atoms with Crippen LogP contribution in [0.3, 0.4) is 0 Å². The lowest BCUT2D eigenvalue weighted by Gasteiger charge is -2.23. The lowest BCUT2D eigenvalue weighted by Crippen LogP contribution is -2.35. The second kappa shape index (κ2) is 5.13. The Hall–Kier alpha value is -1.49. The van der Waals surface area contributed by atoms with E-state index >= 15 is 0 Å². The van der Waals surface area contributed by atoms with Crippen molar-refractivity contribution >= 4 is 34.6 Å². The van der Waals surface area contributed by atoms with Gasteiger partial charge in [0.2, 0.25) is 0 Å². The Morgan fingerprint density at radius 2 is 1.90 bits per heavy atom. The lowest BCUT2D eigenvalue weighted by atomic mass is 10.2. The molecule has 9 heteroatoms. The Kier molecular flexibility index (Phi) is 3.82. The van der Waals surface area contributed by atoms with Crippen LogP contribution in [0.25, 0.3) is 0 Å². The Balaban J connectivity index is 2.50. The Morgan fingerprint density at radius 1 is 1.35 bits per heavy atom. The van der Waals surface area contributed by atoms with Crippen LogP contribution in [0, 0.1) is 11.3 Å². The molecule has 0 radical (unpaired) electrons. The monoisotopic (exact) mass is 322 g/mol. The van der Waals surface area contributed by atoms with E-state index in [2.05, 4.69) is 5.10 Å². The van der Waals surface area contributed by atoms with Gasteiger partial charge in [-0.2, -0.15) is 23.5 Å². The molecule has 0 amide bonds. The van der Waals surface area contributed by atoms with Crippen LogP contribution in [0.15, 0.2) is 17.2 Å². The number of nitriles is 1. The van der Waals surface area contributed by atoms with E-state index in [-0.39, 0.29) is 27.9 Å². The summed E-state index contributed by atoms with van der Waals surface area (Å²) >= 11 is 11.7. The van der Waals surface area contributed by atoms with E-state index in [4.69, 9.17) is 34.2 Å². The number of hydrogen-bond acceptors (Lipinski definition) is 4. The number of anilines is 1. The first-order chi connectivity index (χ1) is 9.24. The molecule has 20 heavy (non-hydrogen) atoms. The van der Waals surface area contributed by atoms with E-state index in [1.807, 2.05) is 6.07 Å². The molecule has 1 unspecified atom stereocenters. The van der Waals surface area contributed by atoms with Crippen molar-refractivity contribution in [3.63, 3.8) is 0 Å². The summed E-state index contributed by atoms with van der Waals surface area (Å²) in [6.07, 6.45) is -5.08. The van der Waals surface area contributed by atoms with Crippen molar-refractivity contribution in [2.24, 2.45) is 10.8 Å². The average molecular weight is 323 g/mol. The van der Waals surface area contributed by atoms with Crippen molar-refractivity contribution in [2.75, 3.05) is 5.01 Å². The molecule has 0 aliphatic carbocycles. The summed E-state index contributed by atoms with van der Waals surface area (Å²) in [5, 5.41) is 13.3. The van der Waals surface area contributed by atoms with Gasteiger partial charge in [-0.15, -0.1) is 0 Å². The van der Waals surface area contributed by atoms with Crippen molar-refractivity contribution in [1.29, 1.82) is 5.26 Å². The maximum Gasteiger partial charge on any atom is 0.416 e. The fourth-order valence-corrected chi connectivity index (χ4v) is 2.42. The lowest BCUT2D eigenvalue weighted by molar-refractivity contribution is -0.137. The number of alkyl halides is 3. The minimum atomic E-state index is -4.56. The molecule has 0 fully saturated rings. The highest BCUT2D eigenvalue weighted by atomic mass is 35.5. The molecular formula is C11H7Cl2F3N4. The van der Waals surface area contributed by atoms with E-state index in [1.165, 1.54) is 0 Å². The second-order valence-electron chi connectivity index (χ2n) is 4.06. The van der Waals surface area contributed by atoms with Gasteiger partial charge in [0.1, 0.15) is 17.9 Å². The number of hydrazone groups is 1. The fraction of sp³-hybridized carbons (Fsp3) is 0.273. The third-order valence-electron chi connectivity index (χ3n) is 2.65. The van der Waals surface area contributed by atoms with Gasteiger partial charge in [0.05, 0.1) is 21.3 Å². The predicted molar refractivity (Wildman–Crippen MR) is 69.6 cm³/mol. The fourth-order valence-electron chi connectivity index (χ4n) is 1.76. The molecule has 1 aromatic rings. The first-order valence-corrected chi connectivity index (χ1v) is 6.08. The zero-order valence-electron chi connectivity index (χ0n) is 9.75. The molecule has 1 aromatic carbocycles. The van der Waals surface area contributed by atoms with Gasteiger partial charge in [0.25, 0.3) is 0 Å². The van der Waals surface area contributed by atoms with Gasteiger partial charge in [0.15, 0.2) is 0 Å². The highest BCUT2D eigenvalue weighted by molar-refractivity contribution is 6.39. The first kappa shape index (κ1) is 14.9. The first-order valence-electron chi connectivity index (χ1n) is 5.32. The van der Waals surface area contributed by atoms with Crippen molar-refractivity contribution in [1.82, 2.24) is 0 Å². The topological polar surface area (TPSA) is 65.4 Å². The molecule has 1 heterocycles. The number of halogens is 5. The molecule has 106 valence electrons. The summed E-state index contributed by atoms with van der Waals surface area (Å²) in [5.74, 6) is 0. The number of benzene rings is 1. The third kappa shape index (κ3) is 2.68. The van der Waals surface area contributed by atoms with Gasteiger partial charge < -0.3 is 5.73 Å². The van der Waals surface area contributed by atoms with Gasteiger partial charge in [-0.1, -0.05) is 23.2 Å². The molecule has 1 aliphatic rings. The number of hydrogen-bond donors (Lipinski definition) is 1. The molecule has 0 saturated heterocycles. The Morgan fingerprint density at radius 3 is 2.30 bits per heavy atom. The van der Waals surface area contributed by atoms with Crippen LogP contribution < -0.4 is 10.7 Å². The molecule has 1 aliphatic heterocycles. The van der Waals surface area contributed by atoms with Crippen LogP contribution in [-0.2, 0) is 6.18 Å². The molecule has 2 rings (SSSR count). The number of rotatable bonds is 1. The maximum absolute atomic E-state index is 12.6. The van der Waals surface area contributed by atoms with Crippen molar-refractivity contribution in [2.45, 2.75) is 18.8 Å². The number of nitrogens with two attached hydrogens (primary N) is 1. The second-order valence-corrected chi connectivity index (χ2v) is 4.88. The van der Waals surface area contributed by atoms with Crippen LogP contribution in [-0.4, -0.2) is 11.9 Å². The Bertz CT molecular complexity index is 598. The number of nitrogens with zero attached hydrogens (tertiary/aromatic N) is 3. The molecule has 0 bridgehead atoms. The van der Waals surface area contributed by atoms with Gasteiger partial charge in [-0.25, -0.2) is 5.01 Å². The molecule has 4 nitrogen and oxygen atoms in total. The van der Waals surface area contributed by atoms with Crippen LogP contribution >= 0.6 is 23.2 Å². The average Bonchev–Trinajstić information content (AvgIpc) is 2.69. The van der Waals surface area contributed by atoms with Crippen molar-refractivity contribution in [3.05, 3.63) is 27.7 Å². The minimum Gasteiger partial charge on any atom is -0.309 e. The molecule has 0 aromatic heterocycles. The predicted octanol–water partition coefficient (Wildman–Crippen LogP) is 3.39. The van der Waals surface area contributed by atoms with Gasteiger partial charge >= 0.3 is 6.18 Å². The van der Waals surface area contributed by atoms with Crippen LogP contribution in [0.5, 0.6) is 0 Å². The summed E-state index contributed by atoms with van der Waals surface area (Å²) in [6, 6.07) is 3.32. The standard InChI is InChI=1S/C11H7Cl2F3N4/c12-7-1-5(11(14,15)16)2-8(13)10(7)20-9(18)3-6(4-17)19-20/h1-2,9H,3,18H2. The molecule has 2 N–H and O–H groups in total. The normalized spacial score (nSPS) is 18.9. The maximum atomic E-state index is 12.6. The van der Waals surface area contributed by atoms with Gasteiger partial charge in [0, 0.05) is 6.42 Å². The van der Waals surface area contributed by atoms with Gasteiger partial charge in [-0.3, -0.25) is 0 Å². The zero-order valence-corrected chi connectivity index (χ0v) is 11.3. The van der Waals surface area contributed by atoms with Crippen LogP contribution in [0.2, 0.25) is 10.0 Å². The van der Waals surface area contributed by atoms with E-state index in [1.54, 1.807) is 0 Å². The minimum absolute atomic E-state index is 0.0547. The summed E-state index contributed by atoms with van der Waals surface area (Å²) in [6.45, 7) is 0. The molecule has 1 atom stereocenters. The quantitative estimate of drug-likeness (QED) is 0.861. The zero-order chi connectivity index (χ0) is 15.1. The SMILES string of the molecule is N#CC1=NN(c2c(Cl)cc(C(F)(F)F)cc2Cl)C(N)C1. The van der Waals surface area contributed by atoms with E-state index in [9.17, 15) is 13.2 Å². The highest BCUT2D eigenvalue weighted by Crippen LogP contribution is 2.41. The van der Waals surface area contributed by atoms with Gasteiger partial charge in [-0.05, 0) is 12.1 Å². The molecule has 0 saturated carbocycles. The summed E-state index contributed by atoms with van der Waals surface area (Å²) in [7, 11) is 0. The van der Waals surface area contributed by atoms with Crippen LogP contribution in [0.1, 0.15) is 12.0 Å². The largest absolute Gasteiger partial charge is 0.416 e. The Labute approximate surface area is 122 Å². The van der Waals surface area contributed by atoms with E-state index < -0.39 is 17.9 Å². The van der Waals surface area contributed by atoms with Crippen LogP contribution in [0.4, 0.5) is 18.9 Å². The summed E-state index contributed by atoms with van der Waals surface area (Å²) in [5.41, 5.74) is 5.01. The molecular weight excluding hydrogens is 316 g/mol. The van der Waals surface area contributed by atoms with E-state index in [0.717, 1.165) is 17.1 Å². The van der Waals surface area contributed by atoms with Crippen molar-refractivity contribution < 1.29 is 13.2 Å². The van der Waals surface area contributed by atoms with E-state index in [0.29, 0.717) is 0 Å². The third-order valence-corrected chi connectivity index (χ3v) is 3.22. The molecule has 0 spiro atoms. The highest BCUT2D eigenvalue weighted by Gasteiger charge is 2.34. The smallest absolute Gasteiger partial charge is 0.309 e. The summed E-state index contributed by atoms with van der Waals surface area (Å²) < 4.78 is 37.9. The van der Waals surface area contributed by atoms with Crippen molar-refractivity contribution in [3.8, 4) is 6.07 Å². The summed E-state index contributed by atoms with van der Waals surface area (Å²) in [4.78, 5) is 0.